The summed E-state index contributed by atoms with van der Waals surface area (Å²) in [7, 11) is 1.57. The zero-order valence-electron chi connectivity index (χ0n) is 9.23. The molecule has 1 aromatic carbocycles. The van der Waals surface area contributed by atoms with Gasteiger partial charge in [0.15, 0.2) is 5.60 Å². The summed E-state index contributed by atoms with van der Waals surface area (Å²) >= 11 is 0. The number of anilines is 1. The first-order valence-electron chi connectivity index (χ1n) is 4.79. The Labute approximate surface area is 93.7 Å². The molecule has 5 nitrogen and oxygen atoms in total. The van der Waals surface area contributed by atoms with Crippen LogP contribution in [-0.2, 0) is 4.79 Å². The van der Waals surface area contributed by atoms with Gasteiger partial charge >= 0.3 is 5.97 Å². The monoisotopic (exact) mass is 225 g/mol. The van der Waals surface area contributed by atoms with E-state index in [2.05, 4.69) is 5.32 Å². The van der Waals surface area contributed by atoms with Gasteiger partial charge in [0.05, 0.1) is 13.7 Å². The molecule has 0 saturated heterocycles. The summed E-state index contributed by atoms with van der Waals surface area (Å²) < 4.78 is 4.98. The summed E-state index contributed by atoms with van der Waals surface area (Å²) in [4.78, 5) is 10.6. The molecule has 0 fully saturated rings. The van der Waals surface area contributed by atoms with Crippen LogP contribution >= 0.6 is 0 Å². The van der Waals surface area contributed by atoms with E-state index >= 15 is 0 Å². The van der Waals surface area contributed by atoms with Crippen molar-refractivity contribution in [2.24, 2.45) is 0 Å². The Balaban J connectivity index is 2.58. The molecule has 88 valence electrons. The van der Waals surface area contributed by atoms with E-state index in [1.54, 1.807) is 31.4 Å². The third kappa shape index (κ3) is 3.13. The normalized spacial score (nSPS) is 13.9. The van der Waals surface area contributed by atoms with Gasteiger partial charge in [-0.2, -0.15) is 0 Å². The van der Waals surface area contributed by atoms with Crippen LogP contribution in [-0.4, -0.2) is 35.4 Å². The quantitative estimate of drug-likeness (QED) is 0.695. The summed E-state index contributed by atoms with van der Waals surface area (Å²) in [5.41, 5.74) is -1.05. The fourth-order valence-corrected chi connectivity index (χ4v) is 1.06. The highest BCUT2D eigenvalue weighted by Crippen LogP contribution is 2.15. The van der Waals surface area contributed by atoms with Crippen LogP contribution in [0.2, 0.25) is 0 Å². The summed E-state index contributed by atoms with van der Waals surface area (Å²) in [6.07, 6.45) is 0. The van der Waals surface area contributed by atoms with Gasteiger partial charge in [-0.25, -0.2) is 4.79 Å². The van der Waals surface area contributed by atoms with Crippen molar-refractivity contribution in [3.63, 3.8) is 0 Å². The van der Waals surface area contributed by atoms with Crippen LogP contribution in [0.25, 0.3) is 0 Å². The molecule has 1 rings (SSSR count). The maximum absolute atomic E-state index is 10.6. The third-order valence-corrected chi connectivity index (χ3v) is 2.19. The Morgan fingerprint density at radius 1 is 1.44 bits per heavy atom. The molecule has 0 spiro atoms. The SMILES string of the molecule is COc1ccc(NCC(C)(O)C(=O)O)cc1. The molecule has 3 N–H and O–H groups in total. The number of rotatable bonds is 5. The highest BCUT2D eigenvalue weighted by molar-refractivity contribution is 5.77. The van der Waals surface area contributed by atoms with Gasteiger partial charge in [0.25, 0.3) is 0 Å². The van der Waals surface area contributed by atoms with E-state index < -0.39 is 11.6 Å². The smallest absolute Gasteiger partial charge is 0.337 e. The molecule has 1 atom stereocenters. The molecule has 0 radical (unpaired) electrons. The van der Waals surface area contributed by atoms with E-state index in [-0.39, 0.29) is 6.54 Å². The van der Waals surface area contributed by atoms with Gasteiger partial charge in [-0.05, 0) is 31.2 Å². The first kappa shape index (κ1) is 12.3. The lowest BCUT2D eigenvalue weighted by Crippen LogP contribution is -2.41. The van der Waals surface area contributed by atoms with E-state index in [0.717, 1.165) is 11.4 Å². The van der Waals surface area contributed by atoms with Crippen LogP contribution in [0.1, 0.15) is 6.92 Å². The minimum Gasteiger partial charge on any atom is -0.497 e. The van der Waals surface area contributed by atoms with E-state index in [4.69, 9.17) is 9.84 Å². The standard InChI is InChI=1S/C11H15NO4/c1-11(15,10(13)14)7-12-8-3-5-9(16-2)6-4-8/h3-6,12,15H,7H2,1-2H3,(H,13,14). The van der Waals surface area contributed by atoms with Crippen LogP contribution in [0.15, 0.2) is 24.3 Å². The van der Waals surface area contributed by atoms with E-state index in [1.165, 1.54) is 6.92 Å². The molecule has 0 heterocycles. The first-order chi connectivity index (χ1) is 7.45. The van der Waals surface area contributed by atoms with Crippen LogP contribution in [0.3, 0.4) is 0 Å². The van der Waals surface area contributed by atoms with Crippen LogP contribution in [0.4, 0.5) is 5.69 Å². The Morgan fingerprint density at radius 3 is 2.44 bits per heavy atom. The summed E-state index contributed by atoms with van der Waals surface area (Å²) in [5.74, 6) is -0.538. The van der Waals surface area contributed by atoms with E-state index in [1.807, 2.05) is 0 Å². The van der Waals surface area contributed by atoms with Gasteiger partial charge < -0.3 is 20.3 Å². The topological polar surface area (TPSA) is 78.8 Å². The lowest BCUT2D eigenvalue weighted by molar-refractivity contribution is -0.155. The van der Waals surface area contributed by atoms with Crippen molar-refractivity contribution < 1.29 is 19.7 Å². The van der Waals surface area contributed by atoms with Gasteiger partial charge in [0.2, 0.25) is 0 Å². The zero-order valence-corrected chi connectivity index (χ0v) is 9.23. The van der Waals surface area contributed by atoms with Gasteiger partial charge in [0.1, 0.15) is 5.75 Å². The van der Waals surface area contributed by atoms with Crippen LogP contribution in [0, 0.1) is 0 Å². The van der Waals surface area contributed by atoms with E-state index in [0.29, 0.717) is 0 Å². The second-order valence-electron chi connectivity index (χ2n) is 3.66. The lowest BCUT2D eigenvalue weighted by Gasteiger charge is -2.19. The Kier molecular flexibility index (Phi) is 3.73. The lowest BCUT2D eigenvalue weighted by atomic mass is 10.1. The molecule has 0 aliphatic carbocycles. The molecule has 0 amide bonds. The van der Waals surface area contributed by atoms with Crippen LogP contribution in [0.5, 0.6) is 5.75 Å². The molecule has 5 heteroatoms. The number of carbonyl (C=O) groups is 1. The van der Waals surface area contributed by atoms with Crippen LogP contribution < -0.4 is 10.1 Å². The molecule has 0 aliphatic heterocycles. The van der Waals surface area contributed by atoms with Crippen molar-refractivity contribution in [1.82, 2.24) is 0 Å². The number of carboxylic acid groups (broad SMARTS) is 1. The number of carboxylic acids is 1. The van der Waals surface area contributed by atoms with Crippen molar-refractivity contribution >= 4 is 11.7 Å². The molecular weight excluding hydrogens is 210 g/mol. The molecule has 16 heavy (non-hydrogen) atoms. The maximum atomic E-state index is 10.6. The summed E-state index contributed by atoms with van der Waals surface area (Å²) in [6.45, 7) is 1.18. The van der Waals surface area contributed by atoms with Crippen molar-refractivity contribution in [3.8, 4) is 5.75 Å². The molecule has 1 aromatic rings. The second-order valence-corrected chi connectivity index (χ2v) is 3.66. The Morgan fingerprint density at radius 2 is 2.00 bits per heavy atom. The number of aliphatic carboxylic acids is 1. The minimum absolute atomic E-state index is 0.0609. The predicted octanol–water partition coefficient (Wildman–Crippen LogP) is 0.943. The highest BCUT2D eigenvalue weighted by atomic mass is 16.5. The van der Waals surface area contributed by atoms with E-state index in [9.17, 15) is 9.90 Å². The Hall–Kier alpha value is -1.75. The number of hydrogen-bond acceptors (Lipinski definition) is 4. The fourth-order valence-electron chi connectivity index (χ4n) is 1.06. The number of nitrogens with one attached hydrogen (secondary N) is 1. The van der Waals surface area contributed by atoms with Gasteiger partial charge in [-0.1, -0.05) is 0 Å². The molecule has 0 aliphatic rings. The number of aliphatic hydroxyl groups is 1. The average Bonchev–Trinajstić information content (AvgIpc) is 2.27. The summed E-state index contributed by atoms with van der Waals surface area (Å²) in [6, 6.07) is 6.99. The fraction of sp³-hybridized carbons (Fsp3) is 0.364. The zero-order chi connectivity index (χ0) is 12.2. The molecular formula is C11H15NO4. The van der Waals surface area contributed by atoms with Crippen molar-refractivity contribution in [2.75, 3.05) is 19.0 Å². The average molecular weight is 225 g/mol. The van der Waals surface area contributed by atoms with Gasteiger partial charge in [-0.15, -0.1) is 0 Å². The van der Waals surface area contributed by atoms with Crippen molar-refractivity contribution in [3.05, 3.63) is 24.3 Å². The molecule has 0 bridgehead atoms. The predicted molar refractivity (Wildman–Crippen MR) is 59.7 cm³/mol. The van der Waals surface area contributed by atoms with Gasteiger partial charge in [0, 0.05) is 5.69 Å². The first-order valence-corrected chi connectivity index (χ1v) is 4.79. The maximum Gasteiger partial charge on any atom is 0.337 e. The van der Waals surface area contributed by atoms with Crippen molar-refractivity contribution in [2.45, 2.75) is 12.5 Å². The van der Waals surface area contributed by atoms with Gasteiger partial charge in [-0.3, -0.25) is 0 Å². The number of methoxy groups -OCH3 is 1. The number of ether oxygens (including phenoxy) is 1. The molecule has 1 unspecified atom stereocenters. The Bertz CT molecular complexity index is 359. The number of benzene rings is 1. The molecule has 0 aromatic heterocycles. The van der Waals surface area contributed by atoms with Crippen molar-refractivity contribution in [1.29, 1.82) is 0 Å². The third-order valence-electron chi connectivity index (χ3n) is 2.19. The highest BCUT2D eigenvalue weighted by Gasteiger charge is 2.29. The summed E-state index contributed by atoms with van der Waals surface area (Å²) in [5, 5.41) is 21.0. The number of hydrogen-bond donors (Lipinski definition) is 3. The largest absolute Gasteiger partial charge is 0.497 e. The molecule has 0 saturated carbocycles. The second kappa shape index (κ2) is 4.85. The minimum atomic E-state index is -1.78.